The van der Waals surface area contributed by atoms with Gasteiger partial charge in [-0.25, -0.2) is 19.7 Å². The van der Waals surface area contributed by atoms with Crippen molar-refractivity contribution in [1.82, 2.24) is 24.5 Å². The monoisotopic (exact) mass is 477 g/mol. The van der Waals surface area contributed by atoms with Crippen molar-refractivity contribution in [3.8, 4) is 10.6 Å². The molecule has 2 aliphatic rings. The molecule has 3 aromatic heterocycles. The minimum Gasteiger partial charge on any atom is -0.274 e. The first-order chi connectivity index (χ1) is 16.1. The second kappa shape index (κ2) is 8.22. The molecule has 6 rings (SSSR count). The van der Waals surface area contributed by atoms with Crippen molar-refractivity contribution in [3.63, 3.8) is 0 Å². The molecule has 1 N–H and O–H groups in total. The number of nitrogens with one attached hydrogen (secondary N) is 1. The molecule has 7 nitrogen and oxygen atoms in total. The van der Waals surface area contributed by atoms with Crippen LogP contribution in [0.3, 0.4) is 0 Å². The molecule has 2 fully saturated rings. The summed E-state index contributed by atoms with van der Waals surface area (Å²) in [5.74, 6) is 1.68. The Bertz CT molecular complexity index is 1460. The van der Waals surface area contributed by atoms with Crippen LogP contribution in [0.5, 0.6) is 0 Å². The lowest BCUT2D eigenvalue weighted by Gasteiger charge is -2.11. The zero-order valence-corrected chi connectivity index (χ0v) is 19.8. The normalized spacial score (nSPS) is 15.9. The van der Waals surface area contributed by atoms with Crippen LogP contribution in [0.1, 0.15) is 61.6 Å². The van der Waals surface area contributed by atoms with Crippen molar-refractivity contribution < 1.29 is 0 Å². The van der Waals surface area contributed by atoms with E-state index in [0.29, 0.717) is 27.7 Å². The Morgan fingerprint density at radius 1 is 1.09 bits per heavy atom. The van der Waals surface area contributed by atoms with E-state index in [1.54, 1.807) is 15.9 Å². The first-order valence-corrected chi connectivity index (χ1v) is 13.2. The van der Waals surface area contributed by atoms with Crippen molar-refractivity contribution in [2.45, 2.75) is 61.8 Å². The molecule has 0 atom stereocenters. The molecular weight excluding hydrogens is 454 g/mol. The number of nitrogens with zero attached hydrogens (tertiary/aromatic N) is 4. The van der Waals surface area contributed by atoms with E-state index in [-0.39, 0.29) is 11.7 Å². The van der Waals surface area contributed by atoms with Gasteiger partial charge in [0.25, 0.3) is 5.56 Å². The number of thiazole rings is 1. The molecule has 0 aliphatic heterocycles. The molecular formula is C24H23N5O2S2. The van der Waals surface area contributed by atoms with Gasteiger partial charge >= 0.3 is 5.69 Å². The molecule has 0 spiro atoms. The van der Waals surface area contributed by atoms with Crippen LogP contribution in [0.2, 0.25) is 0 Å². The number of aromatic nitrogens is 5. The minimum atomic E-state index is -0.410. The summed E-state index contributed by atoms with van der Waals surface area (Å²) < 4.78 is 1.66. The number of aromatic amines is 1. The predicted molar refractivity (Wildman–Crippen MR) is 131 cm³/mol. The molecule has 168 valence electrons. The third-order valence-corrected chi connectivity index (χ3v) is 8.09. The molecule has 0 bridgehead atoms. The summed E-state index contributed by atoms with van der Waals surface area (Å²) in [6.07, 6.45) is 5.00. The first kappa shape index (κ1) is 20.8. The second-order valence-corrected chi connectivity index (χ2v) is 10.5. The standard InChI is InChI=1S/C24H23N5O2S2/c1-2-13-3-5-15(6-4-13)22-25-16(11-32-22)12-33-23-18-20(26-19(27-23)14-7-8-14)29(17-9-10-17)24(31)28-21(18)30/h3-6,11,14,17H,2,7-10,12H2,1H3,(H,28,30,31). The summed E-state index contributed by atoms with van der Waals surface area (Å²) >= 11 is 3.12. The fourth-order valence-electron chi connectivity index (χ4n) is 3.97. The van der Waals surface area contributed by atoms with E-state index in [1.807, 2.05) is 0 Å². The van der Waals surface area contributed by atoms with E-state index in [4.69, 9.17) is 15.0 Å². The molecule has 33 heavy (non-hydrogen) atoms. The van der Waals surface area contributed by atoms with Crippen LogP contribution in [-0.2, 0) is 12.2 Å². The molecule has 0 saturated heterocycles. The molecule has 3 heterocycles. The average molecular weight is 478 g/mol. The number of thioether (sulfide) groups is 1. The van der Waals surface area contributed by atoms with E-state index < -0.39 is 5.56 Å². The fourth-order valence-corrected chi connectivity index (χ4v) is 5.82. The number of H-pyrrole nitrogens is 1. The summed E-state index contributed by atoms with van der Waals surface area (Å²) in [6.45, 7) is 2.15. The molecule has 0 radical (unpaired) electrons. The smallest absolute Gasteiger partial charge is 0.274 e. The van der Waals surface area contributed by atoms with Crippen molar-refractivity contribution in [2.75, 3.05) is 0 Å². The van der Waals surface area contributed by atoms with Crippen LogP contribution < -0.4 is 11.2 Å². The van der Waals surface area contributed by atoms with Crippen LogP contribution in [0.15, 0.2) is 44.3 Å². The Morgan fingerprint density at radius 3 is 2.58 bits per heavy atom. The summed E-state index contributed by atoms with van der Waals surface area (Å²) in [4.78, 5) is 42.1. The summed E-state index contributed by atoms with van der Waals surface area (Å²) in [6, 6.07) is 8.64. The number of rotatable bonds is 7. The van der Waals surface area contributed by atoms with Gasteiger partial charge in [0.05, 0.1) is 5.69 Å². The van der Waals surface area contributed by atoms with Crippen molar-refractivity contribution >= 4 is 34.1 Å². The molecule has 1 aromatic carbocycles. The highest BCUT2D eigenvalue weighted by atomic mass is 32.2. The van der Waals surface area contributed by atoms with E-state index in [1.165, 1.54) is 17.3 Å². The zero-order valence-electron chi connectivity index (χ0n) is 18.2. The maximum Gasteiger partial charge on any atom is 0.330 e. The molecule has 0 amide bonds. The molecule has 2 aliphatic carbocycles. The summed E-state index contributed by atoms with van der Waals surface area (Å²) in [5, 5.41) is 4.10. The van der Waals surface area contributed by atoms with Gasteiger partial charge in [-0.05, 0) is 37.7 Å². The lowest BCUT2D eigenvalue weighted by atomic mass is 10.1. The van der Waals surface area contributed by atoms with Gasteiger partial charge in [-0.3, -0.25) is 14.3 Å². The van der Waals surface area contributed by atoms with E-state index >= 15 is 0 Å². The van der Waals surface area contributed by atoms with Gasteiger partial charge in [0.1, 0.15) is 21.2 Å². The van der Waals surface area contributed by atoms with Crippen molar-refractivity contribution in [2.24, 2.45) is 0 Å². The minimum absolute atomic E-state index is 0.122. The first-order valence-electron chi connectivity index (χ1n) is 11.3. The van der Waals surface area contributed by atoms with E-state index in [0.717, 1.165) is 54.2 Å². The Balaban J connectivity index is 1.34. The van der Waals surface area contributed by atoms with Crippen LogP contribution in [0.4, 0.5) is 0 Å². The Morgan fingerprint density at radius 2 is 1.88 bits per heavy atom. The van der Waals surface area contributed by atoms with Crippen molar-refractivity contribution in [1.29, 1.82) is 0 Å². The molecule has 2 saturated carbocycles. The van der Waals surface area contributed by atoms with Gasteiger partial charge in [-0.1, -0.05) is 43.0 Å². The SMILES string of the molecule is CCc1ccc(-c2nc(CSc3nc(C4CC4)nc4c3c(=O)[nH]c(=O)n4C3CC3)cs2)cc1. The van der Waals surface area contributed by atoms with Gasteiger partial charge in [0.2, 0.25) is 0 Å². The molecule has 9 heteroatoms. The molecule has 4 aromatic rings. The number of aryl methyl sites for hydroxylation is 1. The van der Waals surface area contributed by atoms with Gasteiger partial charge in [0.15, 0.2) is 5.65 Å². The highest BCUT2D eigenvalue weighted by molar-refractivity contribution is 7.98. The average Bonchev–Trinajstić information content (AvgIpc) is 3.76. The van der Waals surface area contributed by atoms with Crippen molar-refractivity contribution in [3.05, 3.63) is 67.6 Å². The number of hydrogen-bond acceptors (Lipinski definition) is 7. The summed E-state index contributed by atoms with van der Waals surface area (Å²) in [7, 11) is 0. The van der Waals surface area contributed by atoms with E-state index in [9.17, 15) is 9.59 Å². The van der Waals surface area contributed by atoms with E-state index in [2.05, 4.69) is 41.6 Å². The van der Waals surface area contributed by atoms with Gasteiger partial charge in [0, 0.05) is 28.7 Å². The second-order valence-electron chi connectivity index (χ2n) is 8.70. The number of fused-ring (bicyclic) bond motifs is 1. The number of hydrogen-bond donors (Lipinski definition) is 1. The lowest BCUT2D eigenvalue weighted by Crippen LogP contribution is -2.31. The third-order valence-electron chi connectivity index (χ3n) is 6.14. The topological polar surface area (TPSA) is 93.5 Å². The fraction of sp³-hybridized carbons (Fsp3) is 0.375. The highest BCUT2D eigenvalue weighted by Gasteiger charge is 2.32. The predicted octanol–water partition coefficient (Wildman–Crippen LogP) is 4.67. The van der Waals surface area contributed by atoms with Crippen LogP contribution >= 0.6 is 23.1 Å². The Kier molecular flexibility index (Phi) is 5.18. The number of benzene rings is 1. The van der Waals surface area contributed by atoms with Crippen LogP contribution in [-0.4, -0.2) is 24.5 Å². The Hall–Kier alpha value is -2.78. The maximum atomic E-state index is 12.8. The van der Waals surface area contributed by atoms with Crippen LogP contribution in [0.25, 0.3) is 21.6 Å². The largest absolute Gasteiger partial charge is 0.330 e. The Labute approximate surface area is 198 Å². The molecule has 0 unspecified atom stereocenters. The quantitative estimate of drug-likeness (QED) is 0.307. The maximum absolute atomic E-state index is 12.8. The van der Waals surface area contributed by atoms with Gasteiger partial charge in [-0.15, -0.1) is 11.3 Å². The lowest BCUT2D eigenvalue weighted by molar-refractivity contribution is 0.691. The van der Waals surface area contributed by atoms with Gasteiger partial charge in [-0.2, -0.15) is 0 Å². The highest BCUT2D eigenvalue weighted by Crippen LogP contribution is 2.41. The van der Waals surface area contributed by atoms with Crippen LogP contribution in [0, 0.1) is 0 Å². The summed E-state index contributed by atoms with van der Waals surface area (Å²) in [5.41, 5.74) is 3.08. The third kappa shape index (κ3) is 4.04. The zero-order chi connectivity index (χ0) is 22.5. The van der Waals surface area contributed by atoms with Gasteiger partial charge < -0.3 is 0 Å².